The van der Waals surface area contributed by atoms with Gasteiger partial charge in [-0.3, -0.25) is 4.79 Å². The van der Waals surface area contributed by atoms with Gasteiger partial charge in [0.1, 0.15) is 6.10 Å². The van der Waals surface area contributed by atoms with Crippen LogP contribution in [0.2, 0.25) is 0 Å². The Bertz CT molecular complexity index is 276. The number of nitrogens with one attached hydrogen (secondary N) is 1. The van der Waals surface area contributed by atoms with Gasteiger partial charge < -0.3 is 15.0 Å². The summed E-state index contributed by atoms with van der Waals surface area (Å²) in [4.78, 5) is 14.1. The number of carbonyl (C=O) groups excluding carboxylic acids is 1. The standard InChI is InChI=1S/C12H20N2O2/c15-12(14-7-1-2-8-14)11-4-3-9-10(16-11)5-6-13-9/h9-11,13H,1-8H2/t9-,10-,11+/m1/s1. The number of ether oxygens (including phenoxy) is 1. The van der Waals surface area contributed by atoms with Gasteiger partial charge in [-0.05, 0) is 38.6 Å². The van der Waals surface area contributed by atoms with Crippen LogP contribution in [0.25, 0.3) is 0 Å². The second kappa shape index (κ2) is 4.34. The van der Waals surface area contributed by atoms with Crippen molar-refractivity contribution >= 4 is 5.91 Å². The first-order valence-electron chi connectivity index (χ1n) is 6.52. The molecular formula is C12H20N2O2. The minimum Gasteiger partial charge on any atom is -0.363 e. The van der Waals surface area contributed by atoms with Crippen molar-refractivity contribution in [3.8, 4) is 0 Å². The summed E-state index contributed by atoms with van der Waals surface area (Å²) in [6, 6.07) is 0.502. The molecule has 1 amide bonds. The normalized spacial score (nSPS) is 38.8. The van der Waals surface area contributed by atoms with E-state index in [0.29, 0.717) is 6.04 Å². The van der Waals surface area contributed by atoms with Crippen LogP contribution in [0.1, 0.15) is 32.1 Å². The van der Waals surface area contributed by atoms with E-state index in [0.717, 1.165) is 51.7 Å². The van der Waals surface area contributed by atoms with E-state index < -0.39 is 0 Å². The second-order valence-electron chi connectivity index (χ2n) is 5.12. The van der Waals surface area contributed by atoms with Crippen LogP contribution in [0.5, 0.6) is 0 Å². The summed E-state index contributed by atoms with van der Waals surface area (Å²) in [7, 11) is 0. The zero-order valence-corrected chi connectivity index (χ0v) is 9.65. The quantitative estimate of drug-likeness (QED) is 0.706. The molecule has 3 heterocycles. The molecule has 4 heteroatoms. The Morgan fingerprint density at radius 2 is 2.00 bits per heavy atom. The number of rotatable bonds is 1. The zero-order chi connectivity index (χ0) is 11.0. The molecule has 1 N–H and O–H groups in total. The van der Waals surface area contributed by atoms with Crippen LogP contribution in [-0.4, -0.2) is 48.7 Å². The van der Waals surface area contributed by atoms with Gasteiger partial charge in [-0.25, -0.2) is 0 Å². The highest BCUT2D eigenvalue weighted by Gasteiger charge is 2.38. The maximum absolute atomic E-state index is 12.2. The number of carbonyl (C=O) groups is 1. The van der Waals surface area contributed by atoms with E-state index in [1.54, 1.807) is 0 Å². The molecule has 3 aliphatic heterocycles. The summed E-state index contributed by atoms with van der Waals surface area (Å²) >= 11 is 0. The van der Waals surface area contributed by atoms with Crippen molar-refractivity contribution in [2.45, 2.75) is 50.4 Å². The first-order chi connectivity index (χ1) is 7.84. The minimum atomic E-state index is -0.153. The number of hydrogen-bond acceptors (Lipinski definition) is 3. The lowest BCUT2D eigenvalue weighted by molar-refractivity contribution is -0.151. The molecule has 3 aliphatic rings. The van der Waals surface area contributed by atoms with E-state index >= 15 is 0 Å². The minimum absolute atomic E-state index is 0.153. The summed E-state index contributed by atoms with van der Waals surface area (Å²) in [5, 5.41) is 3.44. The van der Waals surface area contributed by atoms with E-state index in [4.69, 9.17) is 4.74 Å². The highest BCUT2D eigenvalue weighted by molar-refractivity contribution is 5.81. The lowest BCUT2D eigenvalue weighted by Crippen LogP contribution is -2.47. The van der Waals surface area contributed by atoms with Gasteiger partial charge in [0, 0.05) is 19.1 Å². The van der Waals surface area contributed by atoms with Crippen LogP contribution in [0, 0.1) is 0 Å². The fraction of sp³-hybridized carbons (Fsp3) is 0.917. The average Bonchev–Trinajstić information content (AvgIpc) is 2.98. The van der Waals surface area contributed by atoms with E-state index in [-0.39, 0.29) is 18.1 Å². The van der Waals surface area contributed by atoms with Crippen molar-refractivity contribution in [1.82, 2.24) is 10.2 Å². The number of fused-ring (bicyclic) bond motifs is 1. The van der Waals surface area contributed by atoms with Crippen LogP contribution in [0.4, 0.5) is 0 Å². The summed E-state index contributed by atoms with van der Waals surface area (Å²) in [5.41, 5.74) is 0. The van der Waals surface area contributed by atoms with Gasteiger partial charge in [-0.1, -0.05) is 0 Å². The Morgan fingerprint density at radius 1 is 1.19 bits per heavy atom. The summed E-state index contributed by atoms with van der Waals surface area (Å²) in [5.74, 6) is 0.239. The predicted octanol–water partition coefficient (Wildman–Crippen LogP) is 0.518. The number of hydrogen-bond donors (Lipinski definition) is 1. The van der Waals surface area contributed by atoms with Gasteiger partial charge in [0.2, 0.25) is 0 Å². The van der Waals surface area contributed by atoms with Crippen LogP contribution in [-0.2, 0) is 9.53 Å². The highest BCUT2D eigenvalue weighted by atomic mass is 16.5. The van der Waals surface area contributed by atoms with Crippen LogP contribution in [0.15, 0.2) is 0 Å². The third kappa shape index (κ3) is 1.84. The Hall–Kier alpha value is -0.610. The molecule has 3 rings (SSSR count). The molecule has 3 saturated heterocycles. The Labute approximate surface area is 96.3 Å². The van der Waals surface area contributed by atoms with Crippen molar-refractivity contribution in [2.75, 3.05) is 19.6 Å². The highest BCUT2D eigenvalue weighted by Crippen LogP contribution is 2.27. The molecule has 0 spiro atoms. The molecule has 0 aromatic carbocycles. The van der Waals surface area contributed by atoms with Gasteiger partial charge in [0.15, 0.2) is 0 Å². The monoisotopic (exact) mass is 224 g/mol. The Balaban J connectivity index is 1.60. The smallest absolute Gasteiger partial charge is 0.251 e. The molecule has 0 aromatic heterocycles. The third-order valence-corrected chi connectivity index (χ3v) is 4.06. The topological polar surface area (TPSA) is 41.6 Å². The summed E-state index contributed by atoms with van der Waals surface area (Å²) in [6.07, 6.45) is 5.50. The van der Waals surface area contributed by atoms with Gasteiger partial charge in [0.25, 0.3) is 5.91 Å². The maximum Gasteiger partial charge on any atom is 0.251 e. The molecule has 0 aromatic rings. The van der Waals surface area contributed by atoms with Crippen molar-refractivity contribution < 1.29 is 9.53 Å². The molecular weight excluding hydrogens is 204 g/mol. The molecule has 3 fully saturated rings. The predicted molar refractivity (Wildman–Crippen MR) is 60.1 cm³/mol. The van der Waals surface area contributed by atoms with Crippen molar-refractivity contribution in [3.63, 3.8) is 0 Å². The van der Waals surface area contributed by atoms with E-state index in [1.165, 1.54) is 0 Å². The van der Waals surface area contributed by atoms with E-state index in [2.05, 4.69) is 5.32 Å². The SMILES string of the molecule is O=C([C@@H]1CC[C@H]2NCC[C@H]2O1)N1CCCC1. The largest absolute Gasteiger partial charge is 0.363 e. The lowest BCUT2D eigenvalue weighted by Gasteiger charge is -2.33. The van der Waals surface area contributed by atoms with Crippen molar-refractivity contribution in [2.24, 2.45) is 0 Å². The van der Waals surface area contributed by atoms with Gasteiger partial charge in [-0.15, -0.1) is 0 Å². The van der Waals surface area contributed by atoms with Crippen molar-refractivity contribution in [3.05, 3.63) is 0 Å². The summed E-state index contributed by atoms with van der Waals surface area (Å²) < 4.78 is 5.93. The molecule has 90 valence electrons. The van der Waals surface area contributed by atoms with Crippen LogP contribution >= 0.6 is 0 Å². The fourth-order valence-corrected chi connectivity index (χ4v) is 3.13. The Morgan fingerprint density at radius 3 is 2.81 bits per heavy atom. The van der Waals surface area contributed by atoms with E-state index in [9.17, 15) is 4.79 Å². The second-order valence-corrected chi connectivity index (χ2v) is 5.12. The molecule has 4 nitrogen and oxygen atoms in total. The summed E-state index contributed by atoms with van der Waals surface area (Å²) in [6.45, 7) is 2.91. The third-order valence-electron chi connectivity index (χ3n) is 4.06. The Kier molecular flexibility index (Phi) is 2.86. The van der Waals surface area contributed by atoms with E-state index in [1.807, 2.05) is 4.90 Å². The first kappa shape index (κ1) is 10.5. The molecule has 0 bridgehead atoms. The lowest BCUT2D eigenvalue weighted by atomic mass is 9.99. The first-order valence-corrected chi connectivity index (χ1v) is 6.52. The molecule has 16 heavy (non-hydrogen) atoms. The molecule has 0 unspecified atom stereocenters. The van der Waals surface area contributed by atoms with Gasteiger partial charge in [-0.2, -0.15) is 0 Å². The van der Waals surface area contributed by atoms with Crippen LogP contribution < -0.4 is 5.32 Å². The van der Waals surface area contributed by atoms with Crippen LogP contribution in [0.3, 0.4) is 0 Å². The number of amides is 1. The molecule has 0 saturated carbocycles. The number of nitrogens with zero attached hydrogens (tertiary/aromatic N) is 1. The fourth-order valence-electron chi connectivity index (χ4n) is 3.13. The van der Waals surface area contributed by atoms with Crippen molar-refractivity contribution in [1.29, 1.82) is 0 Å². The molecule has 0 radical (unpaired) electrons. The van der Waals surface area contributed by atoms with Gasteiger partial charge >= 0.3 is 0 Å². The molecule has 3 atom stereocenters. The zero-order valence-electron chi connectivity index (χ0n) is 9.65. The number of likely N-dealkylation sites (tertiary alicyclic amines) is 1. The maximum atomic E-state index is 12.2. The molecule has 0 aliphatic carbocycles. The average molecular weight is 224 g/mol. The van der Waals surface area contributed by atoms with Gasteiger partial charge in [0.05, 0.1) is 6.10 Å².